The molecule has 3 heterocycles. The van der Waals surface area contributed by atoms with E-state index in [0.29, 0.717) is 12.1 Å². The normalized spacial score (nSPS) is 11.3. The molecule has 0 saturated heterocycles. The van der Waals surface area contributed by atoms with E-state index in [1.807, 2.05) is 24.6 Å². The fraction of sp³-hybridized carbons (Fsp3) is 0.450. The van der Waals surface area contributed by atoms with Gasteiger partial charge in [-0.2, -0.15) is 5.10 Å². The Kier molecular flexibility index (Phi) is 8.25. The average molecular weight is 458 g/mol. The van der Waals surface area contributed by atoms with Gasteiger partial charge in [0.1, 0.15) is 0 Å². The van der Waals surface area contributed by atoms with Crippen molar-refractivity contribution < 1.29 is 4.79 Å². The Bertz CT molecular complexity index is 1010. The standard InChI is InChI=1S/C20H27N5OS.2ClH/c1-11(2)25-18-16(9-22-25)15(19(26)24-20(5,6)10-21)8-17(23-18)14-7-12(3)27-13(14)4;;/h7-9,11H,10,21H2,1-6H3,(H,24,26);2*1H. The third kappa shape index (κ3) is 5.09. The van der Waals surface area contributed by atoms with Crippen LogP contribution in [-0.4, -0.2) is 32.8 Å². The molecule has 3 rings (SSSR count). The number of fused-ring (bicyclic) bond motifs is 1. The molecule has 0 saturated carbocycles. The summed E-state index contributed by atoms with van der Waals surface area (Å²) in [5.74, 6) is -0.160. The van der Waals surface area contributed by atoms with Gasteiger partial charge in [-0.05, 0) is 53.7 Å². The molecule has 0 radical (unpaired) electrons. The molecule has 0 aliphatic carbocycles. The summed E-state index contributed by atoms with van der Waals surface area (Å²) < 4.78 is 1.86. The molecule has 6 nitrogen and oxygen atoms in total. The van der Waals surface area contributed by atoms with E-state index in [9.17, 15) is 4.79 Å². The Morgan fingerprint density at radius 1 is 1.28 bits per heavy atom. The van der Waals surface area contributed by atoms with Crippen LogP contribution < -0.4 is 11.1 Å². The van der Waals surface area contributed by atoms with Crippen LogP contribution in [0, 0.1) is 13.8 Å². The van der Waals surface area contributed by atoms with Crippen molar-refractivity contribution in [2.75, 3.05) is 6.54 Å². The van der Waals surface area contributed by atoms with Crippen LogP contribution in [-0.2, 0) is 0 Å². The van der Waals surface area contributed by atoms with E-state index in [4.69, 9.17) is 10.7 Å². The van der Waals surface area contributed by atoms with Crippen LogP contribution >= 0.6 is 36.2 Å². The zero-order valence-electron chi connectivity index (χ0n) is 17.6. The van der Waals surface area contributed by atoms with E-state index in [1.54, 1.807) is 17.5 Å². The van der Waals surface area contributed by atoms with Crippen LogP contribution in [0.4, 0.5) is 0 Å². The maximum Gasteiger partial charge on any atom is 0.252 e. The fourth-order valence-electron chi connectivity index (χ4n) is 3.03. The molecule has 0 spiro atoms. The molecule has 1 amide bonds. The first-order valence-electron chi connectivity index (χ1n) is 9.11. The number of nitrogens with two attached hydrogens (primary N) is 1. The molecular weight excluding hydrogens is 429 g/mol. The molecule has 3 aromatic heterocycles. The molecule has 0 bridgehead atoms. The highest BCUT2D eigenvalue weighted by Gasteiger charge is 2.24. The van der Waals surface area contributed by atoms with E-state index in [1.165, 1.54) is 9.75 Å². The minimum atomic E-state index is -0.490. The topological polar surface area (TPSA) is 85.8 Å². The number of aromatic nitrogens is 3. The molecule has 0 aliphatic rings. The monoisotopic (exact) mass is 457 g/mol. The summed E-state index contributed by atoms with van der Waals surface area (Å²) in [4.78, 5) is 20.3. The van der Waals surface area contributed by atoms with Crippen molar-refractivity contribution in [3.63, 3.8) is 0 Å². The van der Waals surface area contributed by atoms with Crippen molar-refractivity contribution in [1.29, 1.82) is 0 Å². The number of carbonyl (C=O) groups is 1. The van der Waals surface area contributed by atoms with Gasteiger partial charge in [0, 0.05) is 33.4 Å². The predicted octanol–water partition coefficient (Wildman–Crippen LogP) is 4.67. The molecule has 0 aliphatic heterocycles. The lowest BCUT2D eigenvalue weighted by atomic mass is 10.0. The summed E-state index contributed by atoms with van der Waals surface area (Å²) in [6, 6.07) is 4.13. The highest BCUT2D eigenvalue weighted by atomic mass is 35.5. The molecular formula is C20H29Cl2N5OS. The Labute approximate surface area is 188 Å². The van der Waals surface area contributed by atoms with E-state index in [0.717, 1.165) is 22.3 Å². The molecule has 160 valence electrons. The number of carbonyl (C=O) groups excluding carboxylic acids is 1. The second-order valence-corrected chi connectivity index (χ2v) is 9.30. The molecule has 29 heavy (non-hydrogen) atoms. The average Bonchev–Trinajstić information content (AvgIpc) is 3.16. The van der Waals surface area contributed by atoms with Gasteiger partial charge in [-0.3, -0.25) is 4.79 Å². The third-order valence-electron chi connectivity index (χ3n) is 4.58. The second kappa shape index (κ2) is 9.43. The van der Waals surface area contributed by atoms with Gasteiger partial charge in [0.2, 0.25) is 0 Å². The van der Waals surface area contributed by atoms with Crippen molar-refractivity contribution in [3.8, 4) is 11.3 Å². The lowest BCUT2D eigenvalue weighted by Gasteiger charge is -2.24. The van der Waals surface area contributed by atoms with Crippen molar-refractivity contribution in [2.45, 2.75) is 53.1 Å². The zero-order chi connectivity index (χ0) is 19.9. The van der Waals surface area contributed by atoms with Gasteiger partial charge in [-0.25, -0.2) is 9.67 Å². The minimum Gasteiger partial charge on any atom is -0.346 e. The molecule has 3 N–H and O–H groups in total. The molecule has 0 atom stereocenters. The number of pyridine rings is 1. The first-order valence-corrected chi connectivity index (χ1v) is 9.93. The predicted molar refractivity (Wildman–Crippen MR) is 126 cm³/mol. The molecule has 0 unspecified atom stereocenters. The third-order valence-corrected chi connectivity index (χ3v) is 5.55. The summed E-state index contributed by atoms with van der Waals surface area (Å²) >= 11 is 1.73. The largest absolute Gasteiger partial charge is 0.346 e. The number of amides is 1. The van der Waals surface area contributed by atoms with E-state index in [-0.39, 0.29) is 36.8 Å². The zero-order valence-corrected chi connectivity index (χ0v) is 20.0. The van der Waals surface area contributed by atoms with Crippen molar-refractivity contribution >= 4 is 53.1 Å². The van der Waals surface area contributed by atoms with E-state index >= 15 is 0 Å². The van der Waals surface area contributed by atoms with Gasteiger partial charge in [-0.15, -0.1) is 36.2 Å². The number of thiophene rings is 1. The minimum absolute atomic E-state index is 0. The molecule has 0 fully saturated rings. The Morgan fingerprint density at radius 3 is 2.45 bits per heavy atom. The summed E-state index contributed by atoms with van der Waals surface area (Å²) in [5, 5.41) is 8.25. The SMILES string of the molecule is Cc1cc(-c2cc(C(=O)NC(C)(C)CN)c3cnn(C(C)C)c3n2)c(C)s1.Cl.Cl. The quantitative estimate of drug-likeness (QED) is 0.582. The maximum absolute atomic E-state index is 13.1. The van der Waals surface area contributed by atoms with Crippen LogP contribution in [0.2, 0.25) is 0 Å². The van der Waals surface area contributed by atoms with Crippen LogP contribution in [0.5, 0.6) is 0 Å². The lowest BCUT2D eigenvalue weighted by molar-refractivity contribution is 0.0917. The summed E-state index contributed by atoms with van der Waals surface area (Å²) in [6.45, 7) is 12.4. The van der Waals surface area contributed by atoms with Crippen molar-refractivity contribution in [2.24, 2.45) is 5.73 Å². The van der Waals surface area contributed by atoms with Gasteiger partial charge in [0.05, 0.1) is 22.8 Å². The second-order valence-electron chi connectivity index (χ2n) is 7.84. The first kappa shape index (κ1) is 25.4. The van der Waals surface area contributed by atoms with Gasteiger partial charge in [0.15, 0.2) is 5.65 Å². The van der Waals surface area contributed by atoms with Crippen LogP contribution in [0.25, 0.3) is 22.3 Å². The number of hydrogen-bond donors (Lipinski definition) is 2. The molecule has 0 aromatic carbocycles. The number of rotatable bonds is 5. The van der Waals surface area contributed by atoms with Gasteiger partial charge >= 0.3 is 0 Å². The Hall–Kier alpha value is -1.67. The molecule has 9 heteroatoms. The number of aryl methyl sites for hydroxylation is 2. The van der Waals surface area contributed by atoms with Gasteiger partial charge < -0.3 is 11.1 Å². The van der Waals surface area contributed by atoms with Crippen LogP contribution in [0.1, 0.15) is 53.8 Å². The Balaban J connectivity index is 0.00000210. The first-order chi connectivity index (χ1) is 12.6. The van der Waals surface area contributed by atoms with Crippen molar-refractivity contribution in [3.05, 3.63) is 33.6 Å². The summed E-state index contributed by atoms with van der Waals surface area (Å²) in [7, 11) is 0. The van der Waals surface area contributed by atoms with E-state index in [2.05, 4.69) is 44.2 Å². The fourth-order valence-corrected chi connectivity index (χ4v) is 3.97. The van der Waals surface area contributed by atoms with Crippen LogP contribution in [0.15, 0.2) is 18.3 Å². The maximum atomic E-state index is 13.1. The number of hydrogen-bond acceptors (Lipinski definition) is 5. The van der Waals surface area contributed by atoms with Crippen LogP contribution in [0.3, 0.4) is 0 Å². The number of nitrogens with one attached hydrogen (secondary N) is 1. The van der Waals surface area contributed by atoms with E-state index < -0.39 is 5.54 Å². The van der Waals surface area contributed by atoms with Gasteiger partial charge in [-0.1, -0.05) is 0 Å². The molecule has 3 aromatic rings. The Morgan fingerprint density at radius 2 is 1.93 bits per heavy atom. The highest BCUT2D eigenvalue weighted by Crippen LogP contribution is 2.32. The summed E-state index contributed by atoms with van der Waals surface area (Å²) in [6.07, 6.45) is 1.72. The smallest absolute Gasteiger partial charge is 0.252 e. The number of halogens is 2. The van der Waals surface area contributed by atoms with Gasteiger partial charge in [0.25, 0.3) is 5.91 Å². The highest BCUT2D eigenvalue weighted by molar-refractivity contribution is 7.12. The van der Waals surface area contributed by atoms with Crippen molar-refractivity contribution in [1.82, 2.24) is 20.1 Å². The number of nitrogens with zero attached hydrogens (tertiary/aromatic N) is 3. The summed E-state index contributed by atoms with van der Waals surface area (Å²) in [5.41, 5.74) is 8.45. The lowest BCUT2D eigenvalue weighted by Crippen LogP contribution is -2.48.